The maximum Gasteiger partial charge on any atom is 0.140 e. The lowest BCUT2D eigenvalue weighted by atomic mass is 10.2. The minimum absolute atomic E-state index is 0.421. The van der Waals surface area contributed by atoms with Gasteiger partial charge in [-0.25, -0.2) is 4.98 Å². The lowest BCUT2D eigenvalue weighted by Gasteiger charge is -2.09. The van der Waals surface area contributed by atoms with Gasteiger partial charge in [-0.15, -0.1) is 0 Å². The van der Waals surface area contributed by atoms with Gasteiger partial charge in [0.05, 0.1) is 10.7 Å². The van der Waals surface area contributed by atoms with Gasteiger partial charge in [0.1, 0.15) is 11.8 Å². The van der Waals surface area contributed by atoms with Gasteiger partial charge >= 0.3 is 0 Å². The second kappa shape index (κ2) is 5.52. The fourth-order valence-electron chi connectivity index (χ4n) is 1.61. The molecule has 0 radical (unpaired) electrons. The van der Waals surface area contributed by atoms with E-state index in [9.17, 15) is 0 Å². The molecule has 0 spiro atoms. The first kappa shape index (κ1) is 12.4. The topological polar surface area (TPSA) is 48.7 Å². The van der Waals surface area contributed by atoms with Gasteiger partial charge in [-0.1, -0.05) is 17.7 Å². The van der Waals surface area contributed by atoms with E-state index >= 15 is 0 Å². The van der Waals surface area contributed by atoms with Crippen molar-refractivity contribution in [2.45, 2.75) is 13.5 Å². The molecule has 1 heterocycles. The Morgan fingerprint density at radius 2 is 2.17 bits per heavy atom. The van der Waals surface area contributed by atoms with Crippen molar-refractivity contribution in [1.82, 2.24) is 4.98 Å². The predicted octanol–water partition coefficient (Wildman–Crippen LogP) is 3.53. The molecule has 90 valence electrons. The Balaban J connectivity index is 2.09. The molecule has 0 saturated heterocycles. The van der Waals surface area contributed by atoms with Crippen molar-refractivity contribution < 1.29 is 0 Å². The quantitative estimate of drug-likeness (QED) is 0.915. The largest absolute Gasteiger partial charge is 0.380 e. The first-order valence-corrected chi connectivity index (χ1v) is 5.92. The molecule has 0 unspecified atom stereocenters. The maximum atomic E-state index is 8.77. The Labute approximate surface area is 111 Å². The molecule has 0 aliphatic heterocycles. The average Bonchev–Trinajstić information content (AvgIpc) is 2.38. The number of nitriles is 1. The number of nitrogens with one attached hydrogen (secondary N) is 1. The summed E-state index contributed by atoms with van der Waals surface area (Å²) in [6.45, 7) is 2.61. The third kappa shape index (κ3) is 2.99. The Kier molecular flexibility index (Phi) is 3.81. The number of aryl methyl sites for hydroxylation is 1. The summed E-state index contributed by atoms with van der Waals surface area (Å²) in [6.07, 6.45) is 1.63. The number of benzene rings is 1. The molecule has 1 aromatic heterocycles. The van der Waals surface area contributed by atoms with Gasteiger partial charge in [-0.2, -0.15) is 5.26 Å². The second-order valence-corrected chi connectivity index (χ2v) is 4.41. The number of rotatable bonds is 3. The molecule has 1 N–H and O–H groups in total. The molecular weight excluding hydrogens is 246 g/mol. The van der Waals surface area contributed by atoms with Crippen LogP contribution in [0.15, 0.2) is 36.5 Å². The third-order valence-electron chi connectivity index (χ3n) is 2.55. The van der Waals surface area contributed by atoms with Crippen molar-refractivity contribution in [3.63, 3.8) is 0 Å². The molecule has 3 nitrogen and oxygen atoms in total. The number of pyridine rings is 1. The minimum Gasteiger partial charge on any atom is -0.380 e. The van der Waals surface area contributed by atoms with E-state index in [4.69, 9.17) is 16.9 Å². The summed E-state index contributed by atoms with van der Waals surface area (Å²) < 4.78 is 0. The van der Waals surface area contributed by atoms with Gasteiger partial charge in [0.25, 0.3) is 0 Å². The number of halogens is 1. The van der Waals surface area contributed by atoms with E-state index < -0.39 is 0 Å². The van der Waals surface area contributed by atoms with Crippen molar-refractivity contribution >= 4 is 17.3 Å². The van der Waals surface area contributed by atoms with Crippen LogP contribution in [0, 0.1) is 18.3 Å². The first-order chi connectivity index (χ1) is 8.69. The molecule has 0 amide bonds. The molecule has 1 aromatic carbocycles. The molecule has 0 bridgehead atoms. The highest BCUT2D eigenvalue weighted by Crippen LogP contribution is 2.23. The predicted molar refractivity (Wildman–Crippen MR) is 72.5 cm³/mol. The Hall–Kier alpha value is -2.05. The van der Waals surface area contributed by atoms with Crippen LogP contribution in [0.2, 0.25) is 5.02 Å². The highest BCUT2D eigenvalue weighted by Gasteiger charge is 2.01. The normalized spacial score (nSPS) is 9.83. The van der Waals surface area contributed by atoms with Crippen molar-refractivity contribution in [3.05, 3.63) is 58.4 Å². The van der Waals surface area contributed by atoms with E-state index in [1.165, 1.54) is 0 Å². The van der Waals surface area contributed by atoms with Crippen LogP contribution in [0.1, 0.15) is 16.8 Å². The molecule has 18 heavy (non-hydrogen) atoms. The Bertz CT molecular complexity index is 602. The van der Waals surface area contributed by atoms with Gasteiger partial charge < -0.3 is 5.32 Å². The molecule has 2 aromatic rings. The van der Waals surface area contributed by atoms with E-state index in [-0.39, 0.29) is 0 Å². The number of aromatic nitrogens is 1. The SMILES string of the molecule is Cc1ccc(NCc2ccnc(C#N)c2)c(Cl)c1. The van der Waals surface area contributed by atoms with Crippen LogP contribution in [-0.4, -0.2) is 4.98 Å². The molecule has 0 aliphatic carbocycles. The lowest BCUT2D eigenvalue weighted by molar-refractivity contribution is 1.11. The minimum atomic E-state index is 0.421. The first-order valence-electron chi connectivity index (χ1n) is 5.54. The van der Waals surface area contributed by atoms with Crippen LogP contribution < -0.4 is 5.32 Å². The van der Waals surface area contributed by atoms with Crippen molar-refractivity contribution in [2.75, 3.05) is 5.32 Å². The Morgan fingerprint density at radius 3 is 2.89 bits per heavy atom. The van der Waals surface area contributed by atoms with Crippen LogP contribution in [0.4, 0.5) is 5.69 Å². The summed E-state index contributed by atoms with van der Waals surface area (Å²) in [6, 6.07) is 11.5. The van der Waals surface area contributed by atoms with Crippen molar-refractivity contribution in [1.29, 1.82) is 5.26 Å². The van der Waals surface area contributed by atoms with Crippen LogP contribution >= 0.6 is 11.6 Å². The van der Waals surface area contributed by atoms with Gasteiger partial charge in [-0.05, 0) is 42.3 Å². The van der Waals surface area contributed by atoms with Crippen molar-refractivity contribution in [3.8, 4) is 6.07 Å². The van der Waals surface area contributed by atoms with E-state index in [2.05, 4.69) is 10.3 Å². The molecular formula is C14H12ClN3. The summed E-state index contributed by atoms with van der Waals surface area (Å²) in [5.41, 5.74) is 3.43. The zero-order valence-corrected chi connectivity index (χ0v) is 10.7. The highest BCUT2D eigenvalue weighted by molar-refractivity contribution is 6.33. The number of hydrogen-bond donors (Lipinski definition) is 1. The van der Waals surface area contributed by atoms with Crippen LogP contribution in [0.3, 0.4) is 0 Å². The zero-order chi connectivity index (χ0) is 13.0. The number of hydrogen-bond acceptors (Lipinski definition) is 3. The van der Waals surface area contributed by atoms with Gasteiger partial charge in [-0.3, -0.25) is 0 Å². The molecule has 4 heteroatoms. The molecule has 0 saturated carbocycles. The van der Waals surface area contributed by atoms with Gasteiger partial charge in [0, 0.05) is 12.7 Å². The lowest BCUT2D eigenvalue weighted by Crippen LogP contribution is -2.00. The van der Waals surface area contributed by atoms with Crippen LogP contribution in [0.5, 0.6) is 0 Å². The summed E-state index contributed by atoms with van der Waals surface area (Å²) in [5, 5.41) is 12.7. The van der Waals surface area contributed by atoms with Crippen LogP contribution in [0.25, 0.3) is 0 Å². The summed E-state index contributed by atoms with van der Waals surface area (Å²) >= 11 is 6.13. The van der Waals surface area contributed by atoms with Crippen LogP contribution in [-0.2, 0) is 6.54 Å². The summed E-state index contributed by atoms with van der Waals surface area (Å²) in [4.78, 5) is 3.93. The number of nitrogens with zero attached hydrogens (tertiary/aromatic N) is 2. The smallest absolute Gasteiger partial charge is 0.140 e. The van der Waals surface area contributed by atoms with E-state index in [1.54, 1.807) is 12.3 Å². The van der Waals surface area contributed by atoms with E-state index in [0.717, 1.165) is 16.8 Å². The monoisotopic (exact) mass is 257 g/mol. The van der Waals surface area contributed by atoms with Gasteiger partial charge in [0.2, 0.25) is 0 Å². The fourth-order valence-corrected chi connectivity index (χ4v) is 1.91. The summed E-state index contributed by atoms with van der Waals surface area (Å²) in [5.74, 6) is 0. The van der Waals surface area contributed by atoms with Crippen molar-refractivity contribution in [2.24, 2.45) is 0 Å². The zero-order valence-electron chi connectivity index (χ0n) is 9.94. The highest BCUT2D eigenvalue weighted by atomic mass is 35.5. The Morgan fingerprint density at radius 1 is 1.33 bits per heavy atom. The molecule has 0 fully saturated rings. The maximum absolute atomic E-state index is 8.77. The van der Waals surface area contributed by atoms with E-state index in [0.29, 0.717) is 17.3 Å². The number of anilines is 1. The van der Waals surface area contributed by atoms with E-state index in [1.807, 2.05) is 37.3 Å². The molecule has 0 atom stereocenters. The second-order valence-electron chi connectivity index (χ2n) is 4.00. The third-order valence-corrected chi connectivity index (χ3v) is 2.86. The molecule has 0 aliphatic rings. The molecule has 2 rings (SSSR count). The summed E-state index contributed by atoms with van der Waals surface area (Å²) in [7, 11) is 0. The van der Waals surface area contributed by atoms with Gasteiger partial charge in [0.15, 0.2) is 0 Å². The standard InChI is InChI=1S/C14H12ClN3/c1-10-2-3-14(13(15)6-10)18-9-11-4-5-17-12(7-11)8-16/h2-7,18H,9H2,1H3. The fraction of sp³-hybridized carbons (Fsp3) is 0.143. The average molecular weight is 258 g/mol.